The number of fused-ring (bicyclic) bond motifs is 2. The van der Waals surface area contributed by atoms with Gasteiger partial charge in [0, 0.05) is 50.3 Å². The van der Waals surface area contributed by atoms with Gasteiger partial charge in [-0.15, -0.1) is 0 Å². The predicted octanol–water partition coefficient (Wildman–Crippen LogP) is 4.86. The van der Waals surface area contributed by atoms with Gasteiger partial charge < -0.3 is 20.0 Å². The number of carbonyl (C=O) groups excluding carboxylic acids is 1. The van der Waals surface area contributed by atoms with E-state index in [1.165, 1.54) is 11.3 Å². The largest absolute Gasteiger partial charge is 0.490 e. The number of pyridine rings is 2. The average molecular weight is 613 g/mol. The molecule has 0 saturated carbocycles. The van der Waals surface area contributed by atoms with E-state index in [1.807, 2.05) is 60.6 Å². The molecular weight excluding hydrogens is 586 g/mol. The molecule has 9 nitrogen and oxygen atoms in total. The lowest BCUT2D eigenvalue weighted by molar-refractivity contribution is -0.193. The Balaban J connectivity index is 0.000000303. The van der Waals surface area contributed by atoms with Crippen molar-refractivity contribution in [3.05, 3.63) is 89.5 Å². The van der Waals surface area contributed by atoms with E-state index in [1.54, 1.807) is 6.20 Å². The highest BCUT2D eigenvalue weighted by Crippen LogP contribution is 2.45. The summed E-state index contributed by atoms with van der Waals surface area (Å²) >= 11 is 0. The zero-order valence-electron chi connectivity index (χ0n) is 22.6. The van der Waals surface area contributed by atoms with E-state index < -0.39 is 24.3 Å². The third-order valence-electron chi connectivity index (χ3n) is 6.61. The van der Waals surface area contributed by atoms with Crippen LogP contribution in [0.2, 0.25) is 0 Å². The van der Waals surface area contributed by atoms with Crippen LogP contribution in [0.25, 0.3) is 0 Å². The number of nitrogens with zero attached hydrogens (tertiary/aromatic N) is 4. The van der Waals surface area contributed by atoms with Crippen molar-refractivity contribution in [3.63, 3.8) is 0 Å². The van der Waals surface area contributed by atoms with Crippen LogP contribution in [0.3, 0.4) is 0 Å². The maximum absolute atomic E-state index is 13.1. The fraction of sp³-hybridized carbons (Fsp3) is 0.321. The molecule has 1 spiro atoms. The number of aromatic nitrogens is 2. The highest BCUT2D eigenvalue weighted by atomic mass is 19.4. The Kier molecular flexibility index (Phi) is 9.99. The van der Waals surface area contributed by atoms with Gasteiger partial charge in [0.1, 0.15) is 0 Å². The Morgan fingerprint density at radius 3 is 2.09 bits per heavy atom. The molecule has 5 rings (SSSR count). The van der Waals surface area contributed by atoms with Crippen LogP contribution >= 0.6 is 0 Å². The lowest BCUT2D eigenvalue weighted by atomic mass is 9.85. The Morgan fingerprint density at radius 1 is 0.907 bits per heavy atom. The number of likely N-dealkylation sites (tertiary alicyclic amines) is 1. The highest BCUT2D eigenvalue weighted by Gasteiger charge is 2.49. The van der Waals surface area contributed by atoms with Crippen molar-refractivity contribution in [2.45, 2.75) is 37.7 Å². The molecule has 4 heterocycles. The predicted molar refractivity (Wildman–Crippen MR) is 140 cm³/mol. The van der Waals surface area contributed by atoms with E-state index >= 15 is 0 Å². The van der Waals surface area contributed by atoms with E-state index in [2.05, 4.69) is 22.0 Å². The smallest absolute Gasteiger partial charge is 0.475 e. The Labute approximate surface area is 241 Å². The molecule has 3 aromatic rings. The normalized spacial score (nSPS) is 17.4. The summed E-state index contributed by atoms with van der Waals surface area (Å²) < 4.78 is 63.5. The molecule has 0 bridgehead atoms. The summed E-state index contributed by atoms with van der Waals surface area (Å²) in [5, 5.41) is 14.2. The molecule has 43 heavy (non-hydrogen) atoms. The van der Waals surface area contributed by atoms with Gasteiger partial charge in [0.05, 0.1) is 16.8 Å². The van der Waals surface area contributed by atoms with Crippen LogP contribution in [0.1, 0.15) is 33.6 Å². The van der Waals surface area contributed by atoms with Gasteiger partial charge in [-0.2, -0.15) is 26.3 Å². The van der Waals surface area contributed by atoms with Crippen molar-refractivity contribution in [1.82, 2.24) is 14.9 Å². The quantitative estimate of drug-likeness (QED) is 0.403. The van der Waals surface area contributed by atoms with E-state index in [-0.39, 0.29) is 11.3 Å². The van der Waals surface area contributed by atoms with Crippen LogP contribution in [0.15, 0.2) is 67.1 Å². The van der Waals surface area contributed by atoms with Gasteiger partial charge in [-0.05, 0) is 49.2 Å². The number of aryl methyl sites for hydroxylation is 1. The lowest BCUT2D eigenvalue weighted by Gasteiger charge is -2.26. The van der Waals surface area contributed by atoms with Crippen molar-refractivity contribution in [3.8, 4) is 0 Å². The van der Waals surface area contributed by atoms with Gasteiger partial charge in [0.15, 0.2) is 0 Å². The Bertz CT molecular complexity index is 1430. The van der Waals surface area contributed by atoms with E-state index in [9.17, 15) is 31.1 Å². The number of alkyl halides is 6. The van der Waals surface area contributed by atoms with Gasteiger partial charge in [0.25, 0.3) is 5.91 Å². The highest BCUT2D eigenvalue weighted by molar-refractivity contribution is 5.94. The minimum Gasteiger partial charge on any atom is -0.475 e. The van der Waals surface area contributed by atoms with E-state index in [0.717, 1.165) is 42.9 Å². The molecule has 1 unspecified atom stereocenters. The number of carbonyl (C=O) groups is 3. The van der Waals surface area contributed by atoms with E-state index in [0.29, 0.717) is 6.54 Å². The Morgan fingerprint density at radius 2 is 1.53 bits per heavy atom. The zero-order chi connectivity index (χ0) is 32.0. The SMILES string of the molecule is Cc1cccc(C(=O)N2CCC3(C2)CN(Cc2cccnc2)c2cccnc23)c1.O=C(O)C(F)(F)F.O=C(O)C(F)(F)F. The number of rotatable bonds is 3. The number of hydrogen-bond acceptors (Lipinski definition) is 6. The van der Waals surface area contributed by atoms with Gasteiger partial charge in [0.2, 0.25) is 0 Å². The van der Waals surface area contributed by atoms with E-state index in [4.69, 9.17) is 24.8 Å². The lowest BCUT2D eigenvalue weighted by Crippen LogP contribution is -2.38. The minimum atomic E-state index is -5.08. The molecule has 230 valence electrons. The molecule has 2 N–H and O–H groups in total. The molecule has 1 amide bonds. The first-order chi connectivity index (χ1) is 20.0. The molecule has 2 aromatic heterocycles. The van der Waals surface area contributed by atoms with Crippen molar-refractivity contribution in [2.75, 3.05) is 24.5 Å². The number of carboxylic acids is 2. The van der Waals surface area contributed by atoms with Crippen LogP contribution in [-0.2, 0) is 21.5 Å². The second kappa shape index (κ2) is 13.1. The minimum absolute atomic E-state index is 0.0989. The summed E-state index contributed by atoms with van der Waals surface area (Å²) in [7, 11) is 0. The average Bonchev–Trinajstić information content (AvgIpc) is 3.50. The number of benzene rings is 1. The number of anilines is 1. The molecule has 0 radical (unpaired) electrons. The molecule has 1 aromatic carbocycles. The summed E-state index contributed by atoms with van der Waals surface area (Å²) in [5.74, 6) is -5.39. The number of aliphatic carboxylic acids is 2. The molecule has 1 saturated heterocycles. The van der Waals surface area contributed by atoms with Gasteiger partial charge in [-0.25, -0.2) is 9.59 Å². The summed E-state index contributed by atoms with van der Waals surface area (Å²) in [6.45, 7) is 5.19. The van der Waals surface area contributed by atoms with Crippen molar-refractivity contribution >= 4 is 23.5 Å². The van der Waals surface area contributed by atoms with Crippen LogP contribution in [0.5, 0.6) is 0 Å². The van der Waals surface area contributed by atoms with Gasteiger partial charge >= 0.3 is 24.3 Å². The first-order valence-electron chi connectivity index (χ1n) is 12.6. The van der Waals surface area contributed by atoms with Crippen molar-refractivity contribution in [2.24, 2.45) is 0 Å². The van der Waals surface area contributed by atoms with Crippen LogP contribution < -0.4 is 4.90 Å². The summed E-state index contributed by atoms with van der Waals surface area (Å²) in [5.41, 5.74) is 5.28. The van der Waals surface area contributed by atoms with Crippen LogP contribution in [0.4, 0.5) is 32.0 Å². The first kappa shape index (κ1) is 32.8. The summed E-state index contributed by atoms with van der Waals surface area (Å²) in [6, 6.07) is 16.1. The zero-order valence-corrected chi connectivity index (χ0v) is 22.6. The standard InChI is InChI=1S/C24H24N4O.2C2HF3O2/c1-18-5-2-7-20(13-18)23(29)27-12-9-24(16-27)17-28(15-19-6-3-10-25-14-19)21-8-4-11-26-22(21)24;2*3-2(4,5)1(6)7/h2-8,10-11,13-14H,9,12,15-17H2,1H3;2*(H,6,7). The number of amides is 1. The number of carboxylic acid groups (broad SMARTS) is 2. The molecule has 0 aliphatic carbocycles. The second-order valence-corrected chi connectivity index (χ2v) is 9.82. The molecule has 2 aliphatic heterocycles. The maximum Gasteiger partial charge on any atom is 0.490 e. The first-order valence-corrected chi connectivity index (χ1v) is 12.6. The van der Waals surface area contributed by atoms with Gasteiger partial charge in [-0.1, -0.05) is 23.8 Å². The molecule has 1 atom stereocenters. The molecule has 1 fully saturated rings. The fourth-order valence-corrected chi connectivity index (χ4v) is 4.77. The third kappa shape index (κ3) is 8.42. The maximum atomic E-state index is 13.1. The second-order valence-electron chi connectivity index (χ2n) is 9.82. The number of halogens is 6. The molecular formula is C28H26F6N4O5. The third-order valence-corrected chi connectivity index (χ3v) is 6.61. The topological polar surface area (TPSA) is 124 Å². The summed E-state index contributed by atoms with van der Waals surface area (Å²) in [4.78, 5) is 44.3. The molecule has 2 aliphatic rings. The monoisotopic (exact) mass is 612 g/mol. The van der Waals surface area contributed by atoms with Crippen LogP contribution in [-0.4, -0.2) is 74.9 Å². The van der Waals surface area contributed by atoms with Crippen LogP contribution in [0, 0.1) is 6.92 Å². The molecule has 15 heteroatoms. The van der Waals surface area contributed by atoms with Crippen molar-refractivity contribution < 1.29 is 50.9 Å². The number of hydrogen-bond donors (Lipinski definition) is 2. The fourth-order valence-electron chi connectivity index (χ4n) is 4.77. The Hall–Kier alpha value is -4.69. The van der Waals surface area contributed by atoms with Gasteiger partial charge in [-0.3, -0.25) is 14.8 Å². The van der Waals surface area contributed by atoms with Crippen molar-refractivity contribution in [1.29, 1.82) is 0 Å². The summed E-state index contributed by atoms with van der Waals surface area (Å²) in [6.07, 6.45) is -3.63.